The Kier molecular flexibility index (Phi) is 11.5. The van der Waals surface area contributed by atoms with E-state index in [1.807, 2.05) is 45.1 Å². The predicted molar refractivity (Wildman–Crippen MR) is 114 cm³/mol. The van der Waals surface area contributed by atoms with Crippen LogP contribution in [0, 0.1) is 13.8 Å². The zero-order valence-electron chi connectivity index (χ0n) is 17.9. The first kappa shape index (κ1) is 26.0. The van der Waals surface area contributed by atoms with Crippen molar-refractivity contribution in [2.24, 2.45) is 5.16 Å². The maximum Gasteiger partial charge on any atom is 0.433 e. The third-order valence-electron chi connectivity index (χ3n) is 4.10. The minimum Gasteiger partial charge on any atom is -0.493 e. The van der Waals surface area contributed by atoms with E-state index in [9.17, 15) is 17.4 Å². The molecule has 0 aromatic heterocycles. The van der Waals surface area contributed by atoms with E-state index in [4.69, 9.17) is 9.47 Å². The van der Waals surface area contributed by atoms with Crippen molar-refractivity contribution in [2.45, 2.75) is 46.2 Å². The van der Waals surface area contributed by atoms with E-state index in [1.165, 1.54) is 0 Å². The Morgan fingerprint density at radius 2 is 1.80 bits per heavy atom. The van der Waals surface area contributed by atoms with Gasteiger partial charge in [0.1, 0.15) is 25.2 Å². The highest BCUT2D eigenvalue weighted by Crippen LogP contribution is 2.28. The van der Waals surface area contributed by atoms with Crippen LogP contribution in [0.1, 0.15) is 37.3 Å². The van der Waals surface area contributed by atoms with E-state index in [2.05, 4.69) is 9.99 Å². The molecule has 0 saturated heterocycles. The lowest BCUT2D eigenvalue weighted by Crippen LogP contribution is -2.29. The number of oxime groups is 1. The summed E-state index contributed by atoms with van der Waals surface area (Å²) < 4.78 is 61.5. The summed E-state index contributed by atoms with van der Waals surface area (Å²) in [4.78, 5) is 4.19. The molecule has 0 amide bonds. The highest BCUT2D eigenvalue weighted by atomic mass is 32.2. The summed E-state index contributed by atoms with van der Waals surface area (Å²) in [7, 11) is -0.613. The van der Waals surface area contributed by atoms with Gasteiger partial charge >= 0.3 is 6.18 Å². The molecular weight excluding hydrogens is 419 g/mol. The average molecular weight is 450 g/mol. The molecule has 0 N–H and O–H groups in total. The molecule has 0 spiro atoms. The number of hydrogen-bond acceptors (Lipinski definition) is 5. The molecule has 0 aliphatic heterocycles. The number of aryl methyl sites for hydroxylation is 2. The molecule has 0 bridgehead atoms. The van der Waals surface area contributed by atoms with Crippen molar-refractivity contribution in [3.05, 3.63) is 35.4 Å². The summed E-state index contributed by atoms with van der Waals surface area (Å²) in [5.74, 6) is 1.11. The molecule has 0 fully saturated rings. The van der Waals surface area contributed by atoms with Crippen LogP contribution < -0.4 is 9.47 Å². The largest absolute Gasteiger partial charge is 0.493 e. The van der Waals surface area contributed by atoms with Crippen molar-refractivity contribution in [3.63, 3.8) is 0 Å². The van der Waals surface area contributed by atoms with E-state index >= 15 is 0 Å². The first-order valence-corrected chi connectivity index (χ1v) is 11.2. The number of hydrogen-bond donors (Lipinski definition) is 0. The highest BCUT2D eigenvalue weighted by molar-refractivity contribution is 7.85. The summed E-state index contributed by atoms with van der Waals surface area (Å²) in [5.41, 5.74) is 0.795. The zero-order chi connectivity index (χ0) is 22.6. The van der Waals surface area contributed by atoms with Gasteiger partial charge in [0.05, 0.1) is 12.4 Å². The quantitative estimate of drug-likeness (QED) is 0.182. The third-order valence-corrected chi connectivity index (χ3v) is 5.44. The van der Waals surface area contributed by atoms with Crippen LogP contribution in [0.25, 0.3) is 0 Å². The fourth-order valence-corrected chi connectivity index (χ4v) is 3.86. The molecule has 1 aromatic rings. The zero-order valence-corrected chi connectivity index (χ0v) is 18.7. The number of halogens is 3. The van der Waals surface area contributed by atoms with Crippen LogP contribution in [0.3, 0.4) is 0 Å². The molecule has 1 atom stereocenters. The number of alkyl halides is 3. The lowest BCUT2D eigenvalue weighted by Gasteiger charge is -2.14. The molecule has 1 unspecified atom stereocenters. The third kappa shape index (κ3) is 9.65. The monoisotopic (exact) mass is 449 g/mol. The summed E-state index contributed by atoms with van der Waals surface area (Å²) in [6.07, 6.45) is 1.18. The van der Waals surface area contributed by atoms with Gasteiger partial charge < -0.3 is 14.3 Å². The standard InChI is InChI=1S/C21H30F3NO4S/c1-5-6-10-28-18-13-16(2)20(17(3)14-18)29-11-8-7-9-12-30(26)15-19(25-27-4)21(22,23)24/h5-6,13-14H,7-12,15H2,1-4H3/b6-5+,25-19-. The molecular formula is C21H30F3NO4S. The van der Waals surface area contributed by atoms with Crippen LogP contribution in [0.5, 0.6) is 11.5 Å². The second-order valence-corrected chi connectivity index (χ2v) is 8.26. The lowest BCUT2D eigenvalue weighted by molar-refractivity contribution is -0.0618. The minimum atomic E-state index is -4.64. The lowest BCUT2D eigenvalue weighted by atomic mass is 10.1. The van der Waals surface area contributed by atoms with Crippen LogP contribution in [0.15, 0.2) is 29.4 Å². The summed E-state index contributed by atoms with van der Waals surface area (Å²) >= 11 is 0. The van der Waals surface area contributed by atoms with Crippen LogP contribution in [-0.2, 0) is 15.6 Å². The maximum atomic E-state index is 12.7. The molecule has 0 saturated carbocycles. The Bertz CT molecular complexity index is 725. The van der Waals surface area contributed by atoms with Crippen LogP contribution in [0.2, 0.25) is 0 Å². The Morgan fingerprint density at radius 1 is 1.13 bits per heavy atom. The molecule has 5 nitrogen and oxygen atoms in total. The van der Waals surface area contributed by atoms with Gasteiger partial charge in [-0.15, -0.1) is 0 Å². The Hall–Kier alpha value is -2.03. The summed E-state index contributed by atoms with van der Waals surface area (Å²) in [5, 5.41) is 2.94. The van der Waals surface area contributed by atoms with Gasteiger partial charge in [-0.3, -0.25) is 4.21 Å². The summed E-state index contributed by atoms with van der Waals surface area (Å²) in [6.45, 7) is 6.83. The molecule has 0 aliphatic rings. The number of benzene rings is 1. The van der Waals surface area contributed by atoms with Gasteiger partial charge in [0.25, 0.3) is 0 Å². The SMILES string of the molecule is C/C=C/COc1cc(C)c(OCCCCCS(=O)C/C(=N/OC)C(F)(F)F)c(C)c1. The molecule has 1 rings (SSSR count). The fourth-order valence-electron chi connectivity index (χ4n) is 2.67. The van der Waals surface area contributed by atoms with Crippen molar-refractivity contribution in [3.8, 4) is 11.5 Å². The number of ether oxygens (including phenoxy) is 2. The van der Waals surface area contributed by atoms with Crippen molar-refractivity contribution in [1.29, 1.82) is 0 Å². The molecule has 9 heteroatoms. The predicted octanol–water partition coefficient (Wildman–Crippen LogP) is 5.12. The highest BCUT2D eigenvalue weighted by Gasteiger charge is 2.37. The Balaban J connectivity index is 2.37. The van der Waals surface area contributed by atoms with Gasteiger partial charge in [0.2, 0.25) is 0 Å². The number of allylic oxidation sites excluding steroid dienone is 1. The first-order valence-electron chi connectivity index (χ1n) is 9.69. The van der Waals surface area contributed by atoms with E-state index in [0.29, 0.717) is 32.5 Å². The molecule has 0 radical (unpaired) electrons. The molecule has 30 heavy (non-hydrogen) atoms. The molecule has 170 valence electrons. The number of unbranched alkanes of at least 4 members (excludes halogenated alkanes) is 2. The van der Waals surface area contributed by atoms with E-state index < -0.39 is 28.4 Å². The van der Waals surface area contributed by atoms with Crippen molar-refractivity contribution in [1.82, 2.24) is 0 Å². The van der Waals surface area contributed by atoms with Crippen molar-refractivity contribution < 1.29 is 31.7 Å². The van der Waals surface area contributed by atoms with Crippen molar-refractivity contribution >= 4 is 16.5 Å². The Labute approximate surface area is 178 Å². The smallest absolute Gasteiger partial charge is 0.433 e. The van der Waals surface area contributed by atoms with Gasteiger partial charge in [-0.2, -0.15) is 13.2 Å². The van der Waals surface area contributed by atoms with Crippen LogP contribution in [0.4, 0.5) is 13.2 Å². The van der Waals surface area contributed by atoms with Gasteiger partial charge in [-0.05, 0) is 63.3 Å². The van der Waals surface area contributed by atoms with Gasteiger partial charge in [0, 0.05) is 16.6 Å². The van der Waals surface area contributed by atoms with Gasteiger partial charge in [-0.25, -0.2) is 0 Å². The topological polar surface area (TPSA) is 57.1 Å². The fraction of sp³-hybridized carbons (Fsp3) is 0.571. The average Bonchev–Trinajstić information content (AvgIpc) is 2.65. The second-order valence-electron chi connectivity index (χ2n) is 6.68. The van der Waals surface area contributed by atoms with Crippen molar-refractivity contribution in [2.75, 3.05) is 31.8 Å². The van der Waals surface area contributed by atoms with E-state index in [0.717, 1.165) is 29.7 Å². The van der Waals surface area contributed by atoms with Crippen LogP contribution >= 0.6 is 0 Å². The van der Waals surface area contributed by atoms with Gasteiger partial charge in [-0.1, -0.05) is 17.3 Å². The van der Waals surface area contributed by atoms with E-state index in [1.54, 1.807) is 0 Å². The molecule has 0 heterocycles. The van der Waals surface area contributed by atoms with Crippen LogP contribution in [-0.4, -0.2) is 47.9 Å². The molecule has 1 aromatic carbocycles. The minimum absolute atomic E-state index is 0.176. The second kappa shape index (κ2) is 13.3. The first-order chi connectivity index (χ1) is 14.2. The maximum absolute atomic E-state index is 12.7. The Morgan fingerprint density at radius 3 is 2.37 bits per heavy atom. The number of rotatable bonds is 13. The molecule has 0 aliphatic carbocycles. The number of nitrogens with zero attached hydrogens (tertiary/aromatic N) is 1. The van der Waals surface area contributed by atoms with Gasteiger partial charge in [0.15, 0.2) is 5.71 Å². The summed E-state index contributed by atoms with van der Waals surface area (Å²) in [6, 6.07) is 3.85. The normalized spacial score (nSPS) is 13.5. The van der Waals surface area contributed by atoms with E-state index in [-0.39, 0.29) is 5.75 Å².